The summed E-state index contributed by atoms with van der Waals surface area (Å²) in [4.78, 5) is 22.0. The van der Waals surface area contributed by atoms with Crippen molar-refractivity contribution >= 4 is 62.1 Å². The summed E-state index contributed by atoms with van der Waals surface area (Å²) in [6.07, 6.45) is -3.06. The van der Waals surface area contributed by atoms with Crippen molar-refractivity contribution in [1.82, 2.24) is 9.62 Å². The standard InChI is InChI=1S/C25H28ClF3N6O3S2/c1-16(35-10-2-3-17-15-18(26)4-9-21(17)35)22(36)34-13-11-33(12-14-34)19-5-7-20(8-6-19)40(37,38)32-24(39)31-23(30)25(27,28)29/h4-9,15-16H,2-3,10-14H2,1H3,(H3,30,31,32,39)/t16-/m1/s1. The lowest BCUT2D eigenvalue weighted by molar-refractivity contribution is -0.132. The lowest BCUT2D eigenvalue weighted by Gasteiger charge is -2.41. The number of hydrogen-bond donors (Lipinski definition) is 2. The zero-order valence-electron chi connectivity index (χ0n) is 21.5. The maximum absolute atomic E-state index is 13.4. The van der Waals surface area contributed by atoms with E-state index >= 15 is 0 Å². The van der Waals surface area contributed by atoms with Crippen LogP contribution < -0.4 is 20.3 Å². The molecule has 2 aromatic rings. The van der Waals surface area contributed by atoms with E-state index in [1.165, 1.54) is 12.1 Å². The fourth-order valence-corrected chi connectivity index (χ4v) is 6.30. The third-order valence-corrected chi connectivity index (χ3v) is 8.77. The topological polar surface area (TPSA) is 111 Å². The van der Waals surface area contributed by atoms with Crippen molar-refractivity contribution in [1.29, 1.82) is 0 Å². The van der Waals surface area contributed by atoms with Gasteiger partial charge in [-0.2, -0.15) is 18.2 Å². The molecule has 0 saturated carbocycles. The maximum atomic E-state index is 13.4. The summed E-state index contributed by atoms with van der Waals surface area (Å²) in [6, 6.07) is 11.2. The van der Waals surface area contributed by atoms with Crippen LogP contribution in [0.5, 0.6) is 0 Å². The summed E-state index contributed by atoms with van der Waals surface area (Å²) in [7, 11) is -4.27. The van der Waals surface area contributed by atoms with Crippen LogP contribution in [0, 0.1) is 0 Å². The first-order valence-electron chi connectivity index (χ1n) is 12.4. The van der Waals surface area contributed by atoms with Crippen molar-refractivity contribution in [2.45, 2.75) is 36.9 Å². The molecule has 1 saturated heterocycles. The van der Waals surface area contributed by atoms with Crippen molar-refractivity contribution in [2.24, 2.45) is 10.7 Å². The van der Waals surface area contributed by atoms with Gasteiger partial charge in [0, 0.05) is 49.1 Å². The third kappa shape index (κ3) is 6.78. The van der Waals surface area contributed by atoms with Gasteiger partial charge in [0.2, 0.25) is 16.9 Å². The van der Waals surface area contributed by atoms with Gasteiger partial charge >= 0.3 is 6.18 Å². The third-order valence-electron chi connectivity index (χ3n) is 6.86. The molecule has 0 bridgehead atoms. The molecule has 15 heteroatoms. The molecule has 4 rings (SSSR count). The van der Waals surface area contributed by atoms with Crippen molar-refractivity contribution in [2.75, 3.05) is 42.5 Å². The van der Waals surface area contributed by atoms with E-state index in [9.17, 15) is 26.4 Å². The first kappa shape index (κ1) is 29.9. The van der Waals surface area contributed by atoms with Gasteiger partial charge in [0.1, 0.15) is 6.04 Å². The highest BCUT2D eigenvalue weighted by Gasteiger charge is 2.34. The second-order valence-corrected chi connectivity index (χ2v) is 12.0. The average molecular weight is 617 g/mol. The smallest absolute Gasteiger partial charge is 0.380 e. The number of alkyl halides is 3. The van der Waals surface area contributed by atoms with E-state index in [2.05, 4.69) is 22.1 Å². The number of carbonyl (C=O) groups is 1. The predicted octanol–water partition coefficient (Wildman–Crippen LogP) is 3.31. The number of amides is 1. The van der Waals surface area contributed by atoms with Crippen LogP contribution in [0.4, 0.5) is 24.5 Å². The van der Waals surface area contributed by atoms with Crippen molar-refractivity contribution < 1.29 is 26.4 Å². The first-order chi connectivity index (χ1) is 18.8. The summed E-state index contributed by atoms with van der Waals surface area (Å²) in [5.74, 6) is -1.71. The Morgan fingerprint density at radius 2 is 1.75 bits per heavy atom. The highest BCUT2D eigenvalue weighted by Crippen LogP contribution is 2.31. The molecule has 2 aliphatic heterocycles. The van der Waals surface area contributed by atoms with Gasteiger partial charge in [0.15, 0.2) is 0 Å². The summed E-state index contributed by atoms with van der Waals surface area (Å²) in [5, 5.41) is -0.243. The Labute approximate surface area is 240 Å². The Morgan fingerprint density at radius 1 is 1.10 bits per heavy atom. The number of nitrogens with two attached hydrogens (primary N) is 1. The number of nitrogens with one attached hydrogen (secondary N) is 1. The van der Waals surface area contributed by atoms with Crippen molar-refractivity contribution in [3.63, 3.8) is 0 Å². The Balaban J connectivity index is 1.35. The van der Waals surface area contributed by atoms with Gasteiger partial charge in [0.05, 0.1) is 4.90 Å². The molecule has 2 aliphatic rings. The Hall–Kier alpha value is -3.10. The quantitative estimate of drug-likeness (QED) is 0.301. The number of rotatable bonds is 5. The van der Waals surface area contributed by atoms with E-state index in [-0.39, 0.29) is 16.8 Å². The number of fused-ring (bicyclic) bond motifs is 1. The second-order valence-electron chi connectivity index (χ2n) is 9.46. The maximum Gasteiger partial charge on any atom is 0.449 e. The van der Waals surface area contributed by atoms with E-state index in [1.807, 2.05) is 39.6 Å². The molecule has 2 aromatic carbocycles. The molecule has 0 aromatic heterocycles. The molecule has 1 amide bonds. The van der Waals surface area contributed by atoms with E-state index in [1.54, 1.807) is 12.1 Å². The van der Waals surface area contributed by atoms with Crippen LogP contribution in [0.15, 0.2) is 52.4 Å². The summed E-state index contributed by atoms with van der Waals surface area (Å²) in [6.45, 7) is 4.80. The lowest BCUT2D eigenvalue weighted by Crippen LogP contribution is -2.55. The molecule has 40 heavy (non-hydrogen) atoms. The van der Waals surface area contributed by atoms with Gasteiger partial charge in [-0.15, -0.1) is 0 Å². The molecule has 0 unspecified atom stereocenters. The number of amidine groups is 1. The van der Waals surface area contributed by atoms with E-state index in [0.29, 0.717) is 31.2 Å². The zero-order chi connectivity index (χ0) is 29.2. The highest BCUT2D eigenvalue weighted by molar-refractivity contribution is 7.91. The van der Waals surface area contributed by atoms with Crippen LogP contribution in [0.1, 0.15) is 18.9 Å². The number of hydrogen-bond acceptors (Lipinski definition) is 6. The molecule has 216 valence electrons. The largest absolute Gasteiger partial charge is 0.449 e. The normalized spacial score (nSPS) is 17.3. The molecular weight excluding hydrogens is 589 g/mol. The number of anilines is 2. The van der Waals surface area contributed by atoms with Gasteiger partial charge in [-0.1, -0.05) is 11.6 Å². The van der Waals surface area contributed by atoms with E-state index < -0.39 is 27.1 Å². The minimum atomic E-state index is -4.93. The number of carbonyl (C=O) groups excluding carboxylic acids is 1. The zero-order valence-corrected chi connectivity index (χ0v) is 23.9. The van der Waals surface area contributed by atoms with Crippen molar-refractivity contribution in [3.05, 3.63) is 53.1 Å². The van der Waals surface area contributed by atoms with Crippen LogP contribution in [0.2, 0.25) is 5.02 Å². The number of piperazine rings is 1. The second kappa shape index (κ2) is 11.8. The Kier molecular flexibility index (Phi) is 8.80. The van der Waals surface area contributed by atoms with Gasteiger partial charge in [-0.3, -0.25) is 9.52 Å². The monoisotopic (exact) mass is 616 g/mol. The number of nitrogens with zero attached hydrogens (tertiary/aromatic N) is 4. The Morgan fingerprint density at radius 3 is 2.38 bits per heavy atom. The molecule has 1 fully saturated rings. The van der Waals surface area contributed by atoms with Crippen LogP contribution in [-0.4, -0.2) is 75.1 Å². The SMILES string of the molecule is C[C@H](C(=O)N1CCN(c2ccc(S(=O)(=O)NC(=S)/N=C(\N)C(F)(F)F)cc2)CC1)N1CCCc2cc(Cl)ccc21. The lowest BCUT2D eigenvalue weighted by atomic mass is 10.00. The van der Waals surface area contributed by atoms with Gasteiger partial charge in [-0.25, -0.2) is 8.42 Å². The minimum Gasteiger partial charge on any atom is -0.380 e. The van der Waals surface area contributed by atoms with Crippen LogP contribution in [0.3, 0.4) is 0 Å². The van der Waals surface area contributed by atoms with Crippen LogP contribution in [0.25, 0.3) is 0 Å². The number of aliphatic imine (C=N–C) groups is 1. The summed E-state index contributed by atoms with van der Waals surface area (Å²) < 4.78 is 64.4. The van der Waals surface area contributed by atoms with Crippen LogP contribution >= 0.6 is 23.8 Å². The fraction of sp³-hybridized carbons (Fsp3) is 0.400. The number of benzene rings is 2. The molecule has 0 radical (unpaired) electrons. The molecule has 9 nitrogen and oxygen atoms in total. The Bertz CT molecular complexity index is 1410. The van der Waals surface area contributed by atoms with E-state index in [0.717, 1.165) is 36.3 Å². The summed E-state index contributed by atoms with van der Waals surface area (Å²) in [5.41, 5.74) is 7.70. The number of halogens is 4. The minimum absolute atomic E-state index is 0.0414. The molecule has 0 aliphatic carbocycles. The predicted molar refractivity (Wildman–Crippen MR) is 152 cm³/mol. The molecule has 0 spiro atoms. The number of thiocarbonyl (C=S) groups is 1. The fourth-order valence-electron chi connectivity index (χ4n) is 4.79. The first-order valence-corrected chi connectivity index (χ1v) is 14.7. The van der Waals surface area contributed by atoms with Crippen LogP contribution in [-0.2, 0) is 21.2 Å². The highest BCUT2D eigenvalue weighted by atomic mass is 35.5. The van der Waals surface area contributed by atoms with Gasteiger partial charge < -0.3 is 20.4 Å². The molecule has 2 heterocycles. The van der Waals surface area contributed by atoms with E-state index in [4.69, 9.17) is 17.3 Å². The number of sulfonamides is 1. The van der Waals surface area contributed by atoms with Gasteiger partial charge in [0.25, 0.3) is 10.0 Å². The van der Waals surface area contributed by atoms with Gasteiger partial charge in [-0.05, 0) is 80.0 Å². The molecular formula is C25H28ClF3N6O3S2. The van der Waals surface area contributed by atoms with Crippen molar-refractivity contribution in [3.8, 4) is 0 Å². The average Bonchev–Trinajstić information content (AvgIpc) is 2.91. The molecule has 3 N–H and O–H groups in total. The molecule has 1 atom stereocenters. The summed E-state index contributed by atoms with van der Waals surface area (Å²) >= 11 is 10.7. The number of aryl methyl sites for hydroxylation is 1.